The fraction of sp³-hybridized carbons (Fsp3) is 0.190. The highest BCUT2D eigenvalue weighted by molar-refractivity contribution is 6.30. The Balaban J connectivity index is 1.70. The normalized spacial score (nSPS) is 10.7. The van der Waals surface area contributed by atoms with Crippen molar-refractivity contribution < 1.29 is 9.18 Å². The van der Waals surface area contributed by atoms with E-state index in [0.717, 1.165) is 22.6 Å². The van der Waals surface area contributed by atoms with E-state index in [1.54, 1.807) is 19.1 Å². The smallest absolute Gasteiger partial charge is 0.319 e. The lowest BCUT2D eigenvalue weighted by Gasteiger charge is -2.11. The standard InChI is InChI=1S/C21H21ClFN3O/c1-13-7-8-18(11-20(13)23)25-21(27)24-12-16-9-14(2)26(15(16)3)19-6-4-5-17(22)10-19/h4-11H,12H2,1-3H3,(H2,24,25,27). The van der Waals surface area contributed by atoms with Crippen LogP contribution in [0.5, 0.6) is 0 Å². The van der Waals surface area contributed by atoms with E-state index in [0.29, 0.717) is 22.8 Å². The van der Waals surface area contributed by atoms with Crippen LogP contribution >= 0.6 is 11.6 Å². The van der Waals surface area contributed by atoms with Gasteiger partial charge in [-0.15, -0.1) is 0 Å². The van der Waals surface area contributed by atoms with Gasteiger partial charge >= 0.3 is 6.03 Å². The van der Waals surface area contributed by atoms with Gasteiger partial charge in [0.2, 0.25) is 0 Å². The number of urea groups is 1. The summed E-state index contributed by atoms with van der Waals surface area (Å²) in [5, 5.41) is 6.13. The van der Waals surface area contributed by atoms with Gasteiger partial charge in [0.15, 0.2) is 0 Å². The molecule has 6 heteroatoms. The summed E-state index contributed by atoms with van der Waals surface area (Å²) in [5.41, 5.74) is 5.00. The molecule has 1 heterocycles. The van der Waals surface area contributed by atoms with E-state index in [1.807, 2.05) is 44.2 Å². The van der Waals surface area contributed by atoms with Gasteiger partial charge in [0, 0.05) is 34.3 Å². The van der Waals surface area contributed by atoms with Crippen LogP contribution in [0.2, 0.25) is 5.02 Å². The summed E-state index contributed by atoms with van der Waals surface area (Å²) in [6.07, 6.45) is 0. The fourth-order valence-corrected chi connectivity index (χ4v) is 3.23. The average Bonchev–Trinajstić information content (AvgIpc) is 2.90. The van der Waals surface area contributed by atoms with Crippen LogP contribution < -0.4 is 10.6 Å². The van der Waals surface area contributed by atoms with E-state index in [4.69, 9.17) is 11.6 Å². The number of amides is 2. The summed E-state index contributed by atoms with van der Waals surface area (Å²) in [6, 6.07) is 13.9. The van der Waals surface area contributed by atoms with Gasteiger partial charge in [-0.25, -0.2) is 9.18 Å². The zero-order valence-corrected chi connectivity index (χ0v) is 16.2. The summed E-state index contributed by atoms with van der Waals surface area (Å²) in [6.45, 7) is 6.04. The number of anilines is 1. The molecule has 0 radical (unpaired) electrons. The molecule has 0 spiro atoms. The molecule has 0 saturated carbocycles. The number of rotatable bonds is 4. The van der Waals surface area contributed by atoms with Gasteiger partial charge in [0.1, 0.15) is 5.82 Å². The maximum absolute atomic E-state index is 13.6. The van der Waals surface area contributed by atoms with Crippen LogP contribution in [0.1, 0.15) is 22.5 Å². The summed E-state index contributed by atoms with van der Waals surface area (Å²) in [4.78, 5) is 12.1. The molecule has 1 aromatic heterocycles. The van der Waals surface area contributed by atoms with E-state index >= 15 is 0 Å². The van der Waals surface area contributed by atoms with Crippen LogP contribution in [-0.4, -0.2) is 10.6 Å². The van der Waals surface area contributed by atoms with Crippen molar-refractivity contribution in [3.05, 3.63) is 81.9 Å². The molecule has 3 aromatic rings. The fourth-order valence-electron chi connectivity index (χ4n) is 3.04. The minimum atomic E-state index is -0.384. The topological polar surface area (TPSA) is 46.1 Å². The molecule has 4 nitrogen and oxygen atoms in total. The second-order valence-corrected chi connectivity index (χ2v) is 6.92. The highest BCUT2D eigenvalue weighted by Gasteiger charge is 2.12. The Hall–Kier alpha value is -2.79. The number of benzene rings is 2. The molecule has 140 valence electrons. The zero-order valence-electron chi connectivity index (χ0n) is 15.4. The Labute approximate surface area is 163 Å². The van der Waals surface area contributed by atoms with Crippen molar-refractivity contribution in [1.82, 2.24) is 9.88 Å². The molecule has 0 bridgehead atoms. The van der Waals surface area contributed by atoms with Gasteiger partial charge in [0.25, 0.3) is 0 Å². The van der Waals surface area contributed by atoms with Gasteiger partial charge in [-0.05, 0) is 68.3 Å². The average molecular weight is 386 g/mol. The first-order chi connectivity index (χ1) is 12.8. The number of nitrogens with zero attached hydrogens (tertiary/aromatic N) is 1. The third-order valence-corrected chi connectivity index (χ3v) is 4.71. The third kappa shape index (κ3) is 4.31. The highest BCUT2D eigenvalue weighted by atomic mass is 35.5. The number of halogens is 2. The van der Waals surface area contributed by atoms with Crippen molar-refractivity contribution in [2.45, 2.75) is 27.3 Å². The minimum absolute atomic E-state index is 0.349. The molecule has 2 N–H and O–H groups in total. The lowest BCUT2D eigenvalue weighted by Crippen LogP contribution is -2.28. The summed E-state index contributed by atoms with van der Waals surface area (Å²) < 4.78 is 15.7. The maximum atomic E-state index is 13.6. The maximum Gasteiger partial charge on any atom is 0.319 e. The van der Waals surface area contributed by atoms with E-state index in [1.165, 1.54) is 6.07 Å². The first-order valence-electron chi connectivity index (χ1n) is 8.60. The number of hydrogen-bond acceptors (Lipinski definition) is 1. The number of aryl methyl sites for hydroxylation is 2. The summed E-state index contributed by atoms with van der Waals surface area (Å²) in [7, 11) is 0. The molecular formula is C21H21ClFN3O. The zero-order chi connectivity index (χ0) is 19.6. The van der Waals surface area contributed by atoms with Gasteiger partial charge in [-0.3, -0.25) is 0 Å². The van der Waals surface area contributed by atoms with Crippen LogP contribution in [0.25, 0.3) is 5.69 Å². The van der Waals surface area contributed by atoms with Crippen molar-refractivity contribution in [2.24, 2.45) is 0 Å². The Morgan fingerprint density at radius 3 is 2.59 bits per heavy atom. The van der Waals surface area contributed by atoms with E-state index in [-0.39, 0.29) is 11.8 Å². The van der Waals surface area contributed by atoms with Crippen molar-refractivity contribution in [2.75, 3.05) is 5.32 Å². The number of carbonyl (C=O) groups excluding carboxylic acids is 1. The molecule has 0 aliphatic carbocycles. The van der Waals surface area contributed by atoms with Crippen LogP contribution in [0.4, 0.5) is 14.9 Å². The predicted molar refractivity (Wildman–Crippen MR) is 107 cm³/mol. The van der Waals surface area contributed by atoms with Crippen molar-refractivity contribution in [3.63, 3.8) is 0 Å². The Bertz CT molecular complexity index is 997. The number of nitrogens with one attached hydrogen (secondary N) is 2. The Morgan fingerprint density at radius 2 is 1.89 bits per heavy atom. The molecule has 0 atom stereocenters. The van der Waals surface area contributed by atoms with Crippen LogP contribution in [-0.2, 0) is 6.54 Å². The van der Waals surface area contributed by atoms with E-state index < -0.39 is 0 Å². The SMILES string of the molecule is Cc1ccc(NC(=O)NCc2cc(C)n(-c3cccc(Cl)c3)c2C)cc1F. The van der Waals surface area contributed by atoms with Gasteiger partial charge in [-0.2, -0.15) is 0 Å². The van der Waals surface area contributed by atoms with Crippen LogP contribution in [0, 0.1) is 26.6 Å². The Kier molecular flexibility index (Phi) is 5.51. The lowest BCUT2D eigenvalue weighted by atomic mass is 10.2. The van der Waals surface area contributed by atoms with E-state index in [9.17, 15) is 9.18 Å². The molecule has 0 saturated heterocycles. The molecular weight excluding hydrogens is 365 g/mol. The number of hydrogen-bond donors (Lipinski definition) is 2. The molecule has 2 aromatic carbocycles. The third-order valence-electron chi connectivity index (χ3n) is 4.47. The van der Waals surface area contributed by atoms with Gasteiger partial charge in [-0.1, -0.05) is 23.7 Å². The molecule has 0 aliphatic rings. The van der Waals surface area contributed by atoms with Crippen molar-refractivity contribution >= 4 is 23.3 Å². The molecule has 2 amide bonds. The monoisotopic (exact) mass is 385 g/mol. The number of aromatic nitrogens is 1. The van der Waals surface area contributed by atoms with E-state index in [2.05, 4.69) is 15.2 Å². The largest absolute Gasteiger partial charge is 0.334 e. The Morgan fingerprint density at radius 1 is 1.11 bits per heavy atom. The van der Waals surface area contributed by atoms with Crippen LogP contribution in [0.3, 0.4) is 0 Å². The molecule has 27 heavy (non-hydrogen) atoms. The second kappa shape index (κ2) is 7.84. The lowest BCUT2D eigenvalue weighted by molar-refractivity contribution is 0.251. The van der Waals surface area contributed by atoms with Gasteiger partial charge in [0.05, 0.1) is 0 Å². The minimum Gasteiger partial charge on any atom is -0.334 e. The van der Waals surface area contributed by atoms with Crippen LogP contribution in [0.15, 0.2) is 48.5 Å². The first-order valence-corrected chi connectivity index (χ1v) is 8.97. The van der Waals surface area contributed by atoms with Gasteiger partial charge < -0.3 is 15.2 Å². The number of carbonyl (C=O) groups is 1. The summed E-state index contributed by atoms with van der Waals surface area (Å²) >= 11 is 6.10. The summed E-state index contributed by atoms with van der Waals surface area (Å²) in [5.74, 6) is -0.349. The second-order valence-electron chi connectivity index (χ2n) is 6.48. The molecule has 0 fully saturated rings. The molecule has 0 unspecified atom stereocenters. The highest BCUT2D eigenvalue weighted by Crippen LogP contribution is 2.23. The first kappa shape index (κ1) is 19.0. The van der Waals surface area contributed by atoms with Crippen molar-refractivity contribution in [1.29, 1.82) is 0 Å². The quantitative estimate of drug-likeness (QED) is 0.610. The predicted octanol–water partition coefficient (Wildman–Crippen LogP) is 5.52. The molecule has 3 rings (SSSR count). The molecule has 0 aliphatic heterocycles. The van der Waals surface area contributed by atoms with Crippen molar-refractivity contribution in [3.8, 4) is 5.69 Å².